The number of nitrogens with two attached hydrogens (primary N) is 2. The molecular formula is C76H91N15O20S3. The third-order valence-electron chi connectivity index (χ3n) is 18.4. The van der Waals surface area contributed by atoms with Crippen molar-refractivity contribution in [2.24, 2.45) is 21.9 Å². The van der Waals surface area contributed by atoms with Crippen LogP contribution in [-0.2, 0) is 91.1 Å². The molecule has 10 amide bonds. The molecular weight excluding hydrogens is 1540 g/mol. The molecule has 6 atom stereocenters. The molecule has 2 aliphatic rings. The molecule has 8 rings (SSSR count). The van der Waals surface area contributed by atoms with Gasteiger partial charge < -0.3 is 69.5 Å². The second kappa shape index (κ2) is 43.1. The van der Waals surface area contributed by atoms with Crippen molar-refractivity contribution in [3.05, 3.63) is 143 Å². The number of phenols is 1. The highest BCUT2D eigenvalue weighted by atomic mass is 32.2. The second-order valence-corrected chi connectivity index (χ2v) is 30.1. The highest BCUT2D eigenvalue weighted by Crippen LogP contribution is 2.42. The topological polar surface area (TPSA) is 563 Å². The lowest BCUT2D eigenvalue weighted by Gasteiger charge is -2.25. The van der Waals surface area contributed by atoms with E-state index in [2.05, 4.69) is 58.1 Å². The van der Waals surface area contributed by atoms with Gasteiger partial charge in [0.15, 0.2) is 17.5 Å². The van der Waals surface area contributed by atoms with E-state index < -0.39 is 151 Å². The maximum atomic E-state index is 14.2. The van der Waals surface area contributed by atoms with Crippen molar-refractivity contribution >= 4 is 143 Å². The number of azo groups is 1. The number of anilines is 2. The van der Waals surface area contributed by atoms with E-state index in [9.17, 15) is 80.7 Å². The summed E-state index contributed by atoms with van der Waals surface area (Å²) in [6.07, 6.45) is -0.104. The summed E-state index contributed by atoms with van der Waals surface area (Å²) in [7, 11) is -7.74. The maximum absolute atomic E-state index is 14.2. The standard InChI is InChI=1S/C76H91N15O17S2.O3S/c1-43-17-19-47(20-18-43)37-64(94)84-57(73(103)86-53-25-21-48(34-44(53)2)49-22-26-54(45(3)35-49)89-90-55-27-23-51-62(110(106,107)108)28-24-52(77)69(51)70(55)100)14-7-9-30-80-63(93)29-33-91-67(97)40-61(75(91)105)109-42-66(96)81-31-10-8-15-58-74(104)88-56(16-11-32-82-76(78)79)72(102)83-41-65(95)85-59(39-68(98)99)60(92)38-50(71(101)87-58)36-46-12-5-4-6-13-46;1-4(2)3/h4-6,12-13,17-28,34-35,50,56-59,61,100H,7-11,14-16,29-33,36-42,77H2,1-3H3,(H,80,93)(H,81,96)(H,83,102)(H,84,94)(H,85,95)(H,86,103)(H,87,101)(H,88,104)(H,98,99)(H4,78,79,82)(H,106,107,108);/t50-,56+,57-,58-,59+,61?;/m1./s1. The molecule has 0 saturated carbocycles. The number of aromatic hydroxyl groups is 1. The second-order valence-electron chi connectivity index (χ2n) is 27.1. The van der Waals surface area contributed by atoms with Crippen LogP contribution in [0.15, 0.2) is 130 Å². The minimum atomic E-state index is -4.63. The molecule has 0 spiro atoms. The molecule has 38 heteroatoms. The summed E-state index contributed by atoms with van der Waals surface area (Å²) in [6.45, 7) is 5.07. The number of imide groups is 1. The summed E-state index contributed by atoms with van der Waals surface area (Å²) >= 11 is 0.953. The maximum Gasteiger partial charge on any atom is 0.425 e. The molecule has 2 aliphatic heterocycles. The van der Waals surface area contributed by atoms with Crippen molar-refractivity contribution in [1.82, 2.24) is 47.4 Å². The van der Waals surface area contributed by atoms with E-state index >= 15 is 0 Å². The van der Waals surface area contributed by atoms with Gasteiger partial charge in [-0.05, 0) is 154 Å². The molecule has 35 nitrogen and oxygen atoms in total. The molecule has 2 saturated heterocycles. The first kappa shape index (κ1) is 89.2. The molecule has 608 valence electrons. The van der Waals surface area contributed by atoms with E-state index in [1.54, 1.807) is 42.5 Å². The van der Waals surface area contributed by atoms with Crippen LogP contribution in [-0.4, -0.2) is 185 Å². The lowest BCUT2D eigenvalue weighted by Crippen LogP contribution is -2.55. The van der Waals surface area contributed by atoms with Crippen molar-refractivity contribution in [3.63, 3.8) is 0 Å². The number of amides is 10. The number of nitrogen functional groups attached to an aromatic ring is 1. The van der Waals surface area contributed by atoms with E-state index in [1.807, 2.05) is 69.3 Å². The molecule has 6 aromatic carbocycles. The fourth-order valence-corrected chi connectivity index (χ4v) is 14.1. The number of carbonyl (C=O) groups is 12. The van der Waals surface area contributed by atoms with Crippen LogP contribution < -0.4 is 59.3 Å². The molecule has 0 aliphatic carbocycles. The van der Waals surface area contributed by atoms with Crippen LogP contribution in [0.25, 0.3) is 21.9 Å². The molecule has 2 fully saturated rings. The summed E-state index contributed by atoms with van der Waals surface area (Å²) in [6, 6.07) is 27.0. The monoisotopic (exact) mass is 1630 g/mol. The first-order chi connectivity index (χ1) is 54.1. The first-order valence-electron chi connectivity index (χ1n) is 36.2. The highest BCUT2D eigenvalue weighted by molar-refractivity contribution is 8.01. The third-order valence-corrected chi connectivity index (χ3v) is 20.5. The average Bonchev–Trinajstić information content (AvgIpc) is 0.769. The Morgan fingerprint density at radius 2 is 1.32 bits per heavy atom. The van der Waals surface area contributed by atoms with Gasteiger partial charge in [-0.1, -0.05) is 78.4 Å². The zero-order valence-corrected chi connectivity index (χ0v) is 65.0. The van der Waals surface area contributed by atoms with Gasteiger partial charge in [-0.2, -0.15) is 13.5 Å². The number of nitrogens with zero attached hydrogens (tertiary/aromatic N) is 3. The van der Waals surface area contributed by atoms with Crippen molar-refractivity contribution in [3.8, 4) is 16.9 Å². The van der Waals surface area contributed by atoms with Crippen molar-refractivity contribution in [2.75, 3.05) is 49.5 Å². The Hall–Kier alpha value is -12.0. The van der Waals surface area contributed by atoms with Gasteiger partial charge in [0.2, 0.25) is 59.1 Å². The average molecular weight is 1630 g/mol. The Labute approximate surface area is 661 Å². The minimum absolute atomic E-state index is 0.00655. The molecule has 0 bridgehead atoms. The number of hydrogen-bond acceptors (Lipinski definition) is 23. The summed E-state index contributed by atoms with van der Waals surface area (Å²) in [4.78, 5) is 161. The van der Waals surface area contributed by atoms with Crippen LogP contribution in [0.5, 0.6) is 5.75 Å². The zero-order valence-electron chi connectivity index (χ0n) is 62.6. The number of rotatable bonds is 33. The number of aryl methyl sites for hydroxylation is 3. The van der Waals surface area contributed by atoms with Gasteiger partial charge in [0.05, 0.1) is 47.5 Å². The number of guanidine groups is 1. The van der Waals surface area contributed by atoms with Gasteiger partial charge in [-0.25, -0.2) is 0 Å². The number of Topliss-reactive ketones (excluding diaryl/α,β-unsaturated/α-hetero) is 1. The van der Waals surface area contributed by atoms with Gasteiger partial charge in [0.1, 0.15) is 28.7 Å². The Kier molecular flexibility index (Phi) is 33.7. The summed E-state index contributed by atoms with van der Waals surface area (Å²) in [5.74, 6) is -10.3. The zero-order chi connectivity index (χ0) is 83.3. The van der Waals surface area contributed by atoms with Crippen LogP contribution in [0.1, 0.15) is 105 Å². The van der Waals surface area contributed by atoms with E-state index in [0.29, 0.717) is 35.3 Å². The van der Waals surface area contributed by atoms with Crippen LogP contribution in [0.3, 0.4) is 0 Å². The molecule has 1 unspecified atom stereocenters. The van der Waals surface area contributed by atoms with Gasteiger partial charge in [-0.3, -0.25) is 72.4 Å². The Morgan fingerprint density at radius 1 is 0.693 bits per heavy atom. The Morgan fingerprint density at radius 3 is 1.98 bits per heavy atom. The normalized spacial score (nSPS) is 17.2. The van der Waals surface area contributed by atoms with E-state index in [-0.39, 0.29) is 130 Å². The summed E-state index contributed by atoms with van der Waals surface area (Å²) in [5.41, 5.74) is 18.0. The Bertz CT molecular complexity index is 4860. The van der Waals surface area contributed by atoms with Crippen LogP contribution in [0.4, 0.5) is 22.7 Å². The number of ketones is 1. The van der Waals surface area contributed by atoms with Gasteiger partial charge >= 0.3 is 16.6 Å². The molecule has 2 heterocycles. The van der Waals surface area contributed by atoms with Crippen LogP contribution in [0, 0.1) is 32.1 Å². The number of nitrogens with one attached hydrogen (secondary N) is 10. The quantitative estimate of drug-likeness (QED) is 0.00526. The summed E-state index contributed by atoms with van der Waals surface area (Å²) in [5, 5.41) is 59.9. The molecule has 114 heavy (non-hydrogen) atoms. The number of aliphatic carboxylic acids is 1. The SMILES string of the molecule is Cc1ccc(CC(=O)N[C@H](CCCCNC(=O)CCN2C(=O)CC(SCC(=O)NCCCC[C@H]3NC(=O)[C@H](Cc4ccccc4)CC(=O)[C@H](CC(=O)O)NC(=O)CNC(=O)[C@H](CCCNC(=N)N)NC3=O)C2=O)C(=O)Nc2ccc(-c3ccc(N=Nc4ccc5c(S(=O)(=O)O)ccc(N)c5c4O)c(C)c3)cc2C)cc1.O=S(=O)=O. The number of carboxylic acids is 1. The highest BCUT2D eigenvalue weighted by Gasteiger charge is 2.40. The lowest BCUT2D eigenvalue weighted by atomic mass is 9.90. The van der Waals surface area contributed by atoms with Crippen LogP contribution >= 0.6 is 11.8 Å². The predicted molar refractivity (Wildman–Crippen MR) is 420 cm³/mol. The number of fused-ring (bicyclic) bond motifs is 1. The molecule has 6 aromatic rings. The first-order valence-corrected chi connectivity index (χ1v) is 39.7. The fourth-order valence-electron chi connectivity index (χ4n) is 12.5. The van der Waals surface area contributed by atoms with E-state index in [1.165, 1.54) is 18.2 Å². The third kappa shape index (κ3) is 28.0. The van der Waals surface area contributed by atoms with Crippen LogP contribution in [0.2, 0.25) is 0 Å². The predicted octanol–water partition coefficient (Wildman–Crippen LogP) is 4.01. The summed E-state index contributed by atoms with van der Waals surface area (Å²) < 4.78 is 59.0. The van der Waals surface area contributed by atoms with Gasteiger partial charge in [-0.15, -0.1) is 29.5 Å². The Balaban J connectivity index is 0.00000439. The van der Waals surface area contributed by atoms with E-state index in [4.69, 9.17) is 29.5 Å². The smallest absolute Gasteiger partial charge is 0.425 e. The number of hydrogen-bond donors (Lipinski definition) is 15. The van der Waals surface area contributed by atoms with Crippen molar-refractivity contribution < 1.29 is 93.3 Å². The number of phenolic OH excluding ortho intramolecular Hbond substituents is 1. The van der Waals surface area contributed by atoms with Crippen molar-refractivity contribution in [1.29, 1.82) is 5.41 Å². The number of thioether (sulfide) groups is 1. The number of unbranched alkanes of at least 4 members (excludes halogenated alkanes) is 2. The van der Waals surface area contributed by atoms with Crippen molar-refractivity contribution in [2.45, 2.75) is 145 Å². The molecule has 0 aromatic heterocycles. The number of carbonyl (C=O) groups excluding carboxylic acids is 11. The molecule has 0 radical (unpaired) electrons. The van der Waals surface area contributed by atoms with Gasteiger partial charge in [0, 0.05) is 68.1 Å². The number of likely N-dealkylation sites (tertiary alicyclic amines) is 1. The van der Waals surface area contributed by atoms with Gasteiger partial charge in [0.25, 0.3) is 10.1 Å². The fraction of sp³-hybridized carbons (Fsp3) is 0.382. The number of carboxylic acid groups (broad SMARTS) is 1. The molecule has 17 N–H and O–H groups in total. The lowest BCUT2D eigenvalue weighted by molar-refractivity contribution is -0.141. The van der Waals surface area contributed by atoms with E-state index in [0.717, 1.165) is 50.5 Å². The number of benzene rings is 6. The largest absolute Gasteiger partial charge is 0.505 e. The minimum Gasteiger partial charge on any atom is -0.505 e.